The number of nitrogens with one attached hydrogen (secondary N) is 1. The van der Waals surface area contributed by atoms with E-state index >= 15 is 0 Å². The van der Waals surface area contributed by atoms with Crippen molar-refractivity contribution in [1.29, 1.82) is 0 Å². The maximum Gasteiger partial charge on any atom is 0.264 e. The van der Waals surface area contributed by atoms with Gasteiger partial charge in [0.05, 0.1) is 16.9 Å². The Bertz CT molecular complexity index is 691. The minimum Gasteiger partial charge on any atom is -0.396 e. The minimum absolute atomic E-state index is 0.0138. The second kappa shape index (κ2) is 5.69. The number of nitrogens with zero attached hydrogens (tertiary/aromatic N) is 2. The average Bonchev–Trinajstić information content (AvgIpc) is 3.13. The first-order valence-electron chi connectivity index (χ1n) is 6.86. The van der Waals surface area contributed by atoms with Crippen LogP contribution in [-0.4, -0.2) is 41.3 Å². The number of thiophene rings is 1. The monoisotopic (exact) mass is 304 g/mol. The molecule has 1 aliphatic rings. The summed E-state index contributed by atoms with van der Waals surface area (Å²) >= 11 is 1.29. The van der Waals surface area contributed by atoms with E-state index in [9.17, 15) is 9.59 Å². The molecule has 2 aromatic rings. The van der Waals surface area contributed by atoms with E-state index in [0.29, 0.717) is 16.1 Å². The Kier molecular flexibility index (Phi) is 3.74. The number of aromatic nitrogens is 1. The fourth-order valence-electron chi connectivity index (χ4n) is 2.43. The van der Waals surface area contributed by atoms with Gasteiger partial charge in [0.1, 0.15) is 10.4 Å². The van der Waals surface area contributed by atoms with Crippen molar-refractivity contribution in [2.75, 3.05) is 25.4 Å². The summed E-state index contributed by atoms with van der Waals surface area (Å²) in [5.74, 6) is -0.360. The van der Waals surface area contributed by atoms with Gasteiger partial charge in [-0.25, -0.2) is 0 Å². The van der Waals surface area contributed by atoms with Crippen LogP contribution in [0.2, 0.25) is 0 Å². The number of carbonyl (C=O) groups is 2. The summed E-state index contributed by atoms with van der Waals surface area (Å²) in [6, 6.07) is 3.67. The van der Waals surface area contributed by atoms with E-state index in [0.717, 1.165) is 30.6 Å². The van der Waals surface area contributed by atoms with Crippen LogP contribution in [0.15, 0.2) is 18.3 Å². The molecule has 2 amide bonds. The number of nitrogens with two attached hydrogens (primary N) is 1. The molecule has 3 heterocycles. The Morgan fingerprint density at radius 2 is 2.14 bits per heavy atom. The van der Waals surface area contributed by atoms with Gasteiger partial charge in [0.25, 0.3) is 5.91 Å². The number of amides is 2. The van der Waals surface area contributed by atoms with Crippen molar-refractivity contribution in [2.24, 2.45) is 0 Å². The SMILES string of the molecule is Nc1c(C(=O)NCC(=O)N2CCCC2)sc2cccnc12. The molecule has 6 nitrogen and oxygen atoms in total. The number of carbonyl (C=O) groups excluding carboxylic acids is 2. The van der Waals surface area contributed by atoms with Crippen LogP contribution >= 0.6 is 11.3 Å². The molecule has 3 N–H and O–H groups in total. The largest absolute Gasteiger partial charge is 0.396 e. The first-order chi connectivity index (χ1) is 10.2. The number of rotatable bonds is 3. The van der Waals surface area contributed by atoms with E-state index < -0.39 is 0 Å². The second-order valence-electron chi connectivity index (χ2n) is 4.97. The van der Waals surface area contributed by atoms with Gasteiger partial charge in [-0.2, -0.15) is 0 Å². The maximum atomic E-state index is 12.2. The third-order valence-corrected chi connectivity index (χ3v) is 4.71. The molecule has 1 saturated heterocycles. The Hall–Kier alpha value is -2.15. The fourth-order valence-corrected chi connectivity index (χ4v) is 3.43. The van der Waals surface area contributed by atoms with E-state index in [-0.39, 0.29) is 18.4 Å². The van der Waals surface area contributed by atoms with Crippen LogP contribution in [0, 0.1) is 0 Å². The normalized spacial score (nSPS) is 14.6. The topological polar surface area (TPSA) is 88.3 Å². The number of fused-ring (bicyclic) bond motifs is 1. The van der Waals surface area contributed by atoms with Gasteiger partial charge in [0, 0.05) is 19.3 Å². The average molecular weight is 304 g/mol. The van der Waals surface area contributed by atoms with Gasteiger partial charge in [-0.1, -0.05) is 0 Å². The summed E-state index contributed by atoms with van der Waals surface area (Å²) in [4.78, 5) is 30.4. The molecule has 0 aliphatic carbocycles. The van der Waals surface area contributed by atoms with Gasteiger partial charge >= 0.3 is 0 Å². The van der Waals surface area contributed by atoms with Crippen LogP contribution in [-0.2, 0) is 4.79 Å². The fraction of sp³-hybridized carbons (Fsp3) is 0.357. The molecule has 2 aromatic heterocycles. The summed E-state index contributed by atoms with van der Waals surface area (Å²) < 4.78 is 0.867. The molecule has 0 radical (unpaired) electrons. The van der Waals surface area contributed by atoms with Crippen molar-refractivity contribution in [1.82, 2.24) is 15.2 Å². The van der Waals surface area contributed by atoms with Crippen LogP contribution < -0.4 is 11.1 Å². The molecular weight excluding hydrogens is 288 g/mol. The Morgan fingerprint density at radius 1 is 1.38 bits per heavy atom. The molecule has 0 atom stereocenters. The van der Waals surface area contributed by atoms with E-state index in [1.54, 1.807) is 17.2 Å². The quantitative estimate of drug-likeness (QED) is 0.892. The molecular formula is C14H16N4O2S. The van der Waals surface area contributed by atoms with Gasteiger partial charge in [-0.15, -0.1) is 11.3 Å². The van der Waals surface area contributed by atoms with Crippen molar-refractivity contribution in [3.63, 3.8) is 0 Å². The lowest BCUT2D eigenvalue weighted by Gasteiger charge is -2.15. The molecule has 1 aliphatic heterocycles. The Labute approximate surface area is 125 Å². The number of likely N-dealkylation sites (tertiary alicyclic amines) is 1. The molecule has 1 fully saturated rings. The van der Waals surface area contributed by atoms with Crippen LogP contribution in [0.4, 0.5) is 5.69 Å². The lowest BCUT2D eigenvalue weighted by molar-refractivity contribution is -0.129. The number of anilines is 1. The molecule has 0 unspecified atom stereocenters. The maximum absolute atomic E-state index is 12.2. The van der Waals surface area contributed by atoms with Crippen molar-refractivity contribution >= 4 is 39.1 Å². The van der Waals surface area contributed by atoms with Gasteiger partial charge in [0.15, 0.2) is 0 Å². The highest BCUT2D eigenvalue weighted by atomic mass is 32.1. The summed E-state index contributed by atoms with van der Waals surface area (Å²) in [6.45, 7) is 1.58. The summed E-state index contributed by atoms with van der Waals surface area (Å²) in [6.07, 6.45) is 3.72. The van der Waals surface area contributed by atoms with E-state index in [4.69, 9.17) is 5.73 Å². The molecule has 3 rings (SSSR count). The molecule has 0 aromatic carbocycles. The standard InChI is InChI=1S/C14H16N4O2S/c15-11-12-9(4-3-5-16-12)21-13(11)14(20)17-8-10(19)18-6-1-2-7-18/h3-5H,1-2,6-8,15H2,(H,17,20). The minimum atomic E-state index is -0.317. The zero-order valence-corrected chi connectivity index (χ0v) is 12.3. The first kappa shape index (κ1) is 13.8. The van der Waals surface area contributed by atoms with Gasteiger partial charge in [-0.05, 0) is 25.0 Å². The van der Waals surface area contributed by atoms with Crippen molar-refractivity contribution in [2.45, 2.75) is 12.8 Å². The van der Waals surface area contributed by atoms with Crippen molar-refractivity contribution < 1.29 is 9.59 Å². The molecule has 21 heavy (non-hydrogen) atoms. The summed E-state index contributed by atoms with van der Waals surface area (Å²) in [5.41, 5.74) is 6.97. The predicted molar refractivity (Wildman–Crippen MR) is 82.2 cm³/mol. The number of nitrogen functional groups attached to an aromatic ring is 1. The molecule has 110 valence electrons. The highest BCUT2D eigenvalue weighted by Crippen LogP contribution is 2.31. The van der Waals surface area contributed by atoms with Crippen molar-refractivity contribution in [3.8, 4) is 0 Å². The Morgan fingerprint density at radius 3 is 2.86 bits per heavy atom. The lowest BCUT2D eigenvalue weighted by atomic mass is 10.3. The van der Waals surface area contributed by atoms with Crippen LogP contribution in [0.1, 0.15) is 22.5 Å². The van der Waals surface area contributed by atoms with Gasteiger partial charge in [-0.3, -0.25) is 14.6 Å². The number of hydrogen-bond acceptors (Lipinski definition) is 5. The Balaban J connectivity index is 1.69. The zero-order chi connectivity index (χ0) is 14.8. The third kappa shape index (κ3) is 2.69. The van der Waals surface area contributed by atoms with Gasteiger partial charge in [0.2, 0.25) is 5.91 Å². The van der Waals surface area contributed by atoms with Crippen molar-refractivity contribution in [3.05, 3.63) is 23.2 Å². The first-order valence-corrected chi connectivity index (χ1v) is 7.67. The predicted octanol–water partition coefficient (Wildman–Crippen LogP) is 1.23. The summed E-state index contributed by atoms with van der Waals surface area (Å²) in [7, 11) is 0. The second-order valence-corrected chi connectivity index (χ2v) is 6.02. The van der Waals surface area contributed by atoms with E-state index in [2.05, 4.69) is 10.3 Å². The van der Waals surface area contributed by atoms with Crippen LogP contribution in [0.25, 0.3) is 10.2 Å². The smallest absolute Gasteiger partial charge is 0.264 e. The van der Waals surface area contributed by atoms with E-state index in [1.165, 1.54) is 11.3 Å². The van der Waals surface area contributed by atoms with E-state index in [1.807, 2.05) is 6.07 Å². The molecule has 0 saturated carbocycles. The lowest BCUT2D eigenvalue weighted by Crippen LogP contribution is -2.38. The number of pyridine rings is 1. The molecule has 7 heteroatoms. The highest BCUT2D eigenvalue weighted by Gasteiger charge is 2.21. The number of hydrogen-bond donors (Lipinski definition) is 2. The third-order valence-electron chi connectivity index (χ3n) is 3.55. The van der Waals surface area contributed by atoms with Crippen LogP contribution in [0.5, 0.6) is 0 Å². The molecule has 0 bridgehead atoms. The van der Waals surface area contributed by atoms with Crippen LogP contribution in [0.3, 0.4) is 0 Å². The summed E-state index contributed by atoms with van der Waals surface area (Å²) in [5, 5.41) is 2.65. The molecule has 0 spiro atoms. The highest BCUT2D eigenvalue weighted by molar-refractivity contribution is 7.21. The van der Waals surface area contributed by atoms with Gasteiger partial charge < -0.3 is 16.0 Å². The zero-order valence-electron chi connectivity index (χ0n) is 11.5.